The van der Waals surface area contributed by atoms with E-state index in [0.29, 0.717) is 11.4 Å². The van der Waals surface area contributed by atoms with Crippen LogP contribution in [-0.2, 0) is 14.8 Å². The van der Waals surface area contributed by atoms with Crippen LogP contribution in [0.4, 0.5) is 11.4 Å². The number of methoxy groups -OCH3 is 1. The fraction of sp³-hybridized carbons (Fsp3) is 0.188. The van der Waals surface area contributed by atoms with Gasteiger partial charge in [-0.25, -0.2) is 8.42 Å². The number of nitrogens with zero attached hydrogens (tertiary/aromatic N) is 1. The van der Waals surface area contributed by atoms with Gasteiger partial charge in [0.25, 0.3) is 0 Å². The minimum atomic E-state index is -3.81. The Hall–Kier alpha value is -1.67. The highest BCUT2D eigenvalue weighted by Gasteiger charge is 2.24. The number of sulfonamides is 1. The van der Waals surface area contributed by atoms with E-state index in [1.165, 1.54) is 19.2 Å². The van der Waals surface area contributed by atoms with Crippen LogP contribution in [-0.4, -0.2) is 34.2 Å². The maximum atomic E-state index is 12.3. The van der Waals surface area contributed by atoms with Gasteiger partial charge in [0.15, 0.2) is 0 Å². The summed E-state index contributed by atoms with van der Waals surface area (Å²) in [5, 5.41) is 2.96. The fourth-order valence-corrected chi connectivity index (χ4v) is 3.67. The Balaban J connectivity index is 2.29. The minimum absolute atomic E-state index is 0.0546. The Bertz CT molecular complexity index is 935. The molecule has 2 aromatic carbocycles. The highest BCUT2D eigenvalue weighted by atomic mass is 35.5. The smallest absolute Gasteiger partial charge is 0.245 e. The van der Waals surface area contributed by atoms with Gasteiger partial charge in [0.1, 0.15) is 12.3 Å². The quantitative estimate of drug-likeness (QED) is 0.692. The van der Waals surface area contributed by atoms with Gasteiger partial charge in [-0.3, -0.25) is 9.10 Å². The zero-order chi connectivity index (χ0) is 19.5. The van der Waals surface area contributed by atoms with Crippen LogP contribution in [0.5, 0.6) is 5.75 Å². The van der Waals surface area contributed by atoms with Gasteiger partial charge >= 0.3 is 0 Å². The molecular formula is C16H15Cl3N2O4S. The van der Waals surface area contributed by atoms with Crippen molar-refractivity contribution in [1.29, 1.82) is 0 Å². The van der Waals surface area contributed by atoms with Crippen molar-refractivity contribution >= 4 is 62.1 Å². The Morgan fingerprint density at radius 2 is 1.77 bits per heavy atom. The summed E-state index contributed by atoms with van der Waals surface area (Å²) in [5.41, 5.74) is 0.521. The molecule has 2 aromatic rings. The van der Waals surface area contributed by atoms with Crippen molar-refractivity contribution in [1.82, 2.24) is 0 Å². The van der Waals surface area contributed by atoms with Crippen LogP contribution in [0.3, 0.4) is 0 Å². The standard InChI is InChI=1S/C16H15Cl3N2O4S/c1-25-11-5-3-4-10(6-11)20-16(22)9-21(26(2,23)24)15-8-13(18)12(17)7-14(15)19/h3-8H,9H2,1-2H3,(H,20,22). The number of ether oxygens (including phenoxy) is 1. The average molecular weight is 438 g/mol. The molecule has 0 fully saturated rings. The molecule has 0 heterocycles. The molecule has 0 saturated carbocycles. The van der Waals surface area contributed by atoms with E-state index in [0.717, 1.165) is 10.6 Å². The van der Waals surface area contributed by atoms with E-state index in [-0.39, 0.29) is 20.8 Å². The molecule has 140 valence electrons. The summed E-state index contributed by atoms with van der Waals surface area (Å²) in [7, 11) is -2.31. The molecule has 1 N–H and O–H groups in total. The van der Waals surface area contributed by atoms with Crippen LogP contribution in [0, 0.1) is 0 Å². The first-order valence-corrected chi connectivity index (χ1v) is 10.2. The van der Waals surface area contributed by atoms with Crippen LogP contribution >= 0.6 is 34.8 Å². The van der Waals surface area contributed by atoms with Crippen molar-refractivity contribution in [3.8, 4) is 5.75 Å². The lowest BCUT2D eigenvalue weighted by Gasteiger charge is -2.23. The van der Waals surface area contributed by atoms with Crippen molar-refractivity contribution in [3.05, 3.63) is 51.5 Å². The Morgan fingerprint density at radius 3 is 2.38 bits per heavy atom. The number of hydrogen-bond acceptors (Lipinski definition) is 4. The molecule has 0 unspecified atom stereocenters. The minimum Gasteiger partial charge on any atom is -0.497 e. The summed E-state index contributed by atoms with van der Waals surface area (Å²) in [6.07, 6.45) is 0.963. The third kappa shape index (κ3) is 5.17. The number of anilines is 2. The third-order valence-electron chi connectivity index (χ3n) is 3.30. The van der Waals surface area contributed by atoms with Gasteiger partial charge in [0, 0.05) is 11.8 Å². The molecule has 0 saturated heterocycles. The number of amides is 1. The first-order chi connectivity index (χ1) is 12.1. The van der Waals surface area contributed by atoms with E-state index in [2.05, 4.69) is 5.32 Å². The van der Waals surface area contributed by atoms with Crippen LogP contribution in [0.2, 0.25) is 15.1 Å². The number of halogens is 3. The number of rotatable bonds is 6. The third-order valence-corrected chi connectivity index (χ3v) is 5.45. The number of carbonyl (C=O) groups is 1. The SMILES string of the molecule is COc1cccc(NC(=O)CN(c2cc(Cl)c(Cl)cc2Cl)S(C)(=O)=O)c1. The highest BCUT2D eigenvalue weighted by Crippen LogP contribution is 2.35. The van der Waals surface area contributed by atoms with Gasteiger partial charge in [-0.2, -0.15) is 0 Å². The summed E-state index contributed by atoms with van der Waals surface area (Å²) in [6, 6.07) is 9.28. The molecule has 6 nitrogen and oxygen atoms in total. The topological polar surface area (TPSA) is 75.7 Å². The van der Waals surface area contributed by atoms with Crippen LogP contribution in [0.15, 0.2) is 36.4 Å². The van der Waals surface area contributed by atoms with E-state index < -0.39 is 22.5 Å². The molecule has 0 atom stereocenters. The number of benzene rings is 2. The van der Waals surface area contributed by atoms with Gasteiger partial charge in [-0.15, -0.1) is 0 Å². The summed E-state index contributed by atoms with van der Waals surface area (Å²) in [6.45, 7) is -0.492. The van der Waals surface area contributed by atoms with Crippen molar-refractivity contribution in [3.63, 3.8) is 0 Å². The number of nitrogens with one attached hydrogen (secondary N) is 1. The lowest BCUT2D eigenvalue weighted by atomic mass is 10.3. The molecule has 0 bridgehead atoms. The molecule has 10 heteroatoms. The molecule has 26 heavy (non-hydrogen) atoms. The first-order valence-electron chi connectivity index (χ1n) is 7.18. The Labute approximate surface area is 166 Å². The lowest BCUT2D eigenvalue weighted by molar-refractivity contribution is -0.114. The van der Waals surface area contributed by atoms with Gasteiger partial charge in [0.2, 0.25) is 15.9 Å². The molecule has 0 aliphatic heterocycles. The maximum absolute atomic E-state index is 12.3. The van der Waals surface area contributed by atoms with E-state index in [4.69, 9.17) is 39.5 Å². The molecule has 1 amide bonds. The van der Waals surface area contributed by atoms with E-state index in [9.17, 15) is 13.2 Å². The van der Waals surface area contributed by atoms with Gasteiger partial charge in [-0.1, -0.05) is 40.9 Å². The zero-order valence-electron chi connectivity index (χ0n) is 13.8. The van der Waals surface area contributed by atoms with Gasteiger partial charge in [-0.05, 0) is 24.3 Å². The molecule has 0 radical (unpaired) electrons. The second-order valence-electron chi connectivity index (χ2n) is 5.27. The molecule has 2 rings (SSSR count). The van der Waals surface area contributed by atoms with Crippen molar-refractivity contribution < 1.29 is 17.9 Å². The zero-order valence-corrected chi connectivity index (χ0v) is 16.9. The summed E-state index contributed by atoms with van der Waals surface area (Å²) < 4.78 is 30.3. The first kappa shape index (κ1) is 20.6. The van der Waals surface area contributed by atoms with Crippen molar-refractivity contribution in [2.75, 3.05) is 29.5 Å². The molecular weight excluding hydrogens is 423 g/mol. The largest absolute Gasteiger partial charge is 0.497 e. The van der Waals surface area contributed by atoms with Crippen LogP contribution < -0.4 is 14.4 Å². The molecule has 0 aromatic heterocycles. The lowest BCUT2D eigenvalue weighted by Crippen LogP contribution is -2.37. The van der Waals surface area contributed by atoms with E-state index >= 15 is 0 Å². The number of hydrogen-bond donors (Lipinski definition) is 1. The normalized spacial score (nSPS) is 11.1. The van der Waals surface area contributed by atoms with E-state index in [1.54, 1.807) is 24.3 Å². The van der Waals surface area contributed by atoms with Crippen LogP contribution in [0.25, 0.3) is 0 Å². The second-order valence-corrected chi connectivity index (χ2v) is 8.40. The molecule has 0 spiro atoms. The predicted octanol–water partition coefficient (Wildman–Crippen LogP) is 4.06. The van der Waals surface area contributed by atoms with Crippen LogP contribution in [0.1, 0.15) is 0 Å². The predicted molar refractivity (Wildman–Crippen MR) is 105 cm³/mol. The highest BCUT2D eigenvalue weighted by molar-refractivity contribution is 7.92. The van der Waals surface area contributed by atoms with E-state index in [1.807, 2.05) is 0 Å². The summed E-state index contributed by atoms with van der Waals surface area (Å²) in [4.78, 5) is 12.3. The Kier molecular flexibility index (Phi) is 6.63. The number of carbonyl (C=O) groups excluding carboxylic acids is 1. The van der Waals surface area contributed by atoms with Gasteiger partial charge < -0.3 is 10.1 Å². The molecule has 0 aliphatic carbocycles. The summed E-state index contributed by atoms with van der Waals surface area (Å²) >= 11 is 17.9. The van der Waals surface area contributed by atoms with Crippen molar-refractivity contribution in [2.24, 2.45) is 0 Å². The van der Waals surface area contributed by atoms with Gasteiger partial charge in [0.05, 0.1) is 34.1 Å². The monoisotopic (exact) mass is 436 g/mol. The maximum Gasteiger partial charge on any atom is 0.245 e. The fourth-order valence-electron chi connectivity index (χ4n) is 2.12. The average Bonchev–Trinajstić information content (AvgIpc) is 2.55. The molecule has 0 aliphatic rings. The van der Waals surface area contributed by atoms with Crippen molar-refractivity contribution in [2.45, 2.75) is 0 Å². The summed E-state index contributed by atoms with van der Waals surface area (Å²) in [5.74, 6) is -0.0129. The Morgan fingerprint density at radius 1 is 1.12 bits per heavy atom. The second kappa shape index (κ2) is 8.35.